The van der Waals surface area contributed by atoms with Gasteiger partial charge in [0.25, 0.3) is 0 Å². The Labute approximate surface area is 301 Å². The molecule has 0 fully saturated rings. The Morgan fingerprint density at radius 3 is 1.96 bits per heavy atom. The lowest BCUT2D eigenvalue weighted by molar-refractivity contribution is -0.159. The van der Waals surface area contributed by atoms with Gasteiger partial charge in [0.2, 0.25) is 11.8 Å². The van der Waals surface area contributed by atoms with E-state index in [-0.39, 0.29) is 24.8 Å². The van der Waals surface area contributed by atoms with Crippen LogP contribution in [0.25, 0.3) is 0 Å². The van der Waals surface area contributed by atoms with Crippen LogP contribution in [0.1, 0.15) is 129 Å². The van der Waals surface area contributed by atoms with Gasteiger partial charge in [-0.25, -0.2) is 9.59 Å². The molecule has 9 nitrogen and oxygen atoms in total. The largest absolute Gasteiger partial charge is 0.458 e. The van der Waals surface area contributed by atoms with Gasteiger partial charge in [-0.3, -0.25) is 9.59 Å². The number of unbranched alkanes of at least 4 members (excludes halogenated alkanes) is 4. The maximum Gasteiger partial charge on any atom is 0.408 e. The van der Waals surface area contributed by atoms with Gasteiger partial charge in [-0.05, 0) is 90.0 Å². The molecule has 50 heavy (non-hydrogen) atoms. The third-order valence-corrected chi connectivity index (χ3v) is 8.63. The molecule has 0 aliphatic carbocycles. The lowest BCUT2D eigenvalue weighted by Gasteiger charge is -2.37. The van der Waals surface area contributed by atoms with Crippen LogP contribution in [-0.2, 0) is 30.3 Å². The van der Waals surface area contributed by atoms with Crippen molar-refractivity contribution in [2.24, 2.45) is 5.92 Å². The first-order valence-electron chi connectivity index (χ1n) is 18.3. The molecule has 0 aromatic heterocycles. The molecule has 9 heteroatoms. The van der Waals surface area contributed by atoms with E-state index in [1.807, 2.05) is 76.2 Å². The molecule has 2 aromatic rings. The van der Waals surface area contributed by atoms with Crippen LogP contribution in [0.4, 0.5) is 4.79 Å². The third-order valence-electron chi connectivity index (χ3n) is 8.63. The molecule has 0 saturated carbocycles. The first-order valence-corrected chi connectivity index (χ1v) is 18.3. The number of rotatable bonds is 17. The summed E-state index contributed by atoms with van der Waals surface area (Å²) in [6, 6.07) is 12.1. The molecule has 2 aromatic carbocycles. The quantitative estimate of drug-likeness (QED) is 0.128. The van der Waals surface area contributed by atoms with Crippen molar-refractivity contribution in [3.05, 3.63) is 70.8 Å². The minimum absolute atomic E-state index is 0.210. The summed E-state index contributed by atoms with van der Waals surface area (Å²) >= 11 is 0. The lowest BCUT2D eigenvalue weighted by Crippen LogP contribution is -2.56. The van der Waals surface area contributed by atoms with Crippen molar-refractivity contribution in [3.8, 4) is 0 Å². The second kappa shape index (κ2) is 19.5. The van der Waals surface area contributed by atoms with Gasteiger partial charge in [-0.15, -0.1) is 0 Å². The Balaban J connectivity index is 2.69. The van der Waals surface area contributed by atoms with E-state index in [0.717, 1.165) is 42.4 Å². The van der Waals surface area contributed by atoms with Gasteiger partial charge in [-0.2, -0.15) is 0 Å². The number of benzene rings is 2. The Morgan fingerprint density at radius 2 is 1.40 bits per heavy atom. The number of hydrogen-bond acceptors (Lipinski definition) is 6. The number of ether oxygens (including phenoxy) is 2. The molecule has 0 spiro atoms. The zero-order chi connectivity index (χ0) is 37.6. The molecule has 2 N–H and O–H groups in total. The summed E-state index contributed by atoms with van der Waals surface area (Å²) in [5, 5.41) is 5.84. The molecule has 0 heterocycles. The van der Waals surface area contributed by atoms with E-state index in [1.165, 1.54) is 0 Å². The average Bonchev–Trinajstić information content (AvgIpc) is 3.02. The summed E-state index contributed by atoms with van der Waals surface area (Å²) < 4.78 is 11.3. The highest BCUT2D eigenvalue weighted by atomic mass is 16.6. The van der Waals surface area contributed by atoms with E-state index in [4.69, 9.17) is 9.47 Å². The van der Waals surface area contributed by atoms with Crippen LogP contribution in [0.5, 0.6) is 0 Å². The van der Waals surface area contributed by atoms with Crippen LogP contribution in [-0.4, -0.2) is 58.6 Å². The lowest BCUT2D eigenvalue weighted by atomic mass is 9.94. The van der Waals surface area contributed by atoms with E-state index in [1.54, 1.807) is 46.4 Å². The molecule has 0 radical (unpaired) electrons. The molecule has 3 amide bonds. The smallest absolute Gasteiger partial charge is 0.408 e. The molecule has 2 rings (SSSR count). The number of esters is 1. The highest BCUT2D eigenvalue weighted by Gasteiger charge is 2.39. The van der Waals surface area contributed by atoms with Crippen LogP contribution in [0, 0.1) is 19.8 Å². The zero-order valence-electron chi connectivity index (χ0n) is 32.5. The predicted molar refractivity (Wildman–Crippen MR) is 200 cm³/mol. The van der Waals surface area contributed by atoms with E-state index in [9.17, 15) is 19.2 Å². The summed E-state index contributed by atoms with van der Waals surface area (Å²) in [5.74, 6) is -1.69. The van der Waals surface area contributed by atoms with Crippen molar-refractivity contribution in [1.29, 1.82) is 0 Å². The topological polar surface area (TPSA) is 114 Å². The van der Waals surface area contributed by atoms with Crippen molar-refractivity contribution in [1.82, 2.24) is 15.5 Å². The predicted octanol–water partition coefficient (Wildman–Crippen LogP) is 8.15. The van der Waals surface area contributed by atoms with Crippen molar-refractivity contribution in [2.45, 2.75) is 150 Å². The van der Waals surface area contributed by atoms with Crippen molar-refractivity contribution in [2.75, 3.05) is 6.54 Å². The van der Waals surface area contributed by atoms with Gasteiger partial charge in [0.15, 0.2) is 0 Å². The number of hydrogen-bond donors (Lipinski definition) is 2. The van der Waals surface area contributed by atoms with Crippen molar-refractivity contribution >= 4 is 23.9 Å². The summed E-state index contributed by atoms with van der Waals surface area (Å²) in [4.78, 5) is 57.9. The molecule has 0 saturated heterocycles. The number of carbonyl (C=O) groups excluding carboxylic acids is 4. The normalized spacial score (nSPS) is 14.1. The van der Waals surface area contributed by atoms with Crippen LogP contribution >= 0.6 is 0 Å². The van der Waals surface area contributed by atoms with Gasteiger partial charge < -0.3 is 25.0 Å². The summed E-state index contributed by atoms with van der Waals surface area (Å²) in [5.41, 5.74) is 1.95. The maximum absolute atomic E-state index is 14.8. The molecule has 0 aliphatic rings. The number of carbonyl (C=O) groups is 4. The molecule has 278 valence electrons. The van der Waals surface area contributed by atoms with Gasteiger partial charge >= 0.3 is 12.1 Å². The minimum Gasteiger partial charge on any atom is -0.458 e. The first kappa shape index (κ1) is 42.3. The number of nitrogens with zero attached hydrogens (tertiary/aromatic N) is 1. The van der Waals surface area contributed by atoms with Crippen LogP contribution in [0.15, 0.2) is 48.5 Å². The van der Waals surface area contributed by atoms with Gasteiger partial charge in [0, 0.05) is 13.0 Å². The Bertz CT molecular complexity index is 1400. The second-order valence-electron chi connectivity index (χ2n) is 15.5. The fourth-order valence-corrected chi connectivity index (χ4v) is 5.62. The fraction of sp³-hybridized carbons (Fsp3) is 0.610. The molecular formula is C41H63N3O6. The Morgan fingerprint density at radius 1 is 0.780 bits per heavy atom. The highest BCUT2D eigenvalue weighted by molar-refractivity contribution is 5.94. The third kappa shape index (κ3) is 14.2. The highest BCUT2D eigenvalue weighted by Crippen LogP contribution is 2.28. The number of nitrogens with one attached hydrogen (secondary N) is 2. The fourth-order valence-electron chi connectivity index (χ4n) is 5.62. The number of aryl methyl sites for hydroxylation is 2. The summed E-state index contributed by atoms with van der Waals surface area (Å²) in [6.45, 7) is 20.9. The minimum atomic E-state index is -1.08. The molecular weight excluding hydrogens is 630 g/mol. The van der Waals surface area contributed by atoms with Gasteiger partial charge in [0.05, 0.1) is 0 Å². The Hall–Kier alpha value is -3.88. The average molecular weight is 694 g/mol. The van der Waals surface area contributed by atoms with E-state index < -0.39 is 47.3 Å². The van der Waals surface area contributed by atoms with Crippen LogP contribution in [0.2, 0.25) is 0 Å². The summed E-state index contributed by atoms with van der Waals surface area (Å²) in [6.07, 6.45) is 4.81. The SMILES string of the molecule is CCCCCCCN(C(=O)C(NC(=O)OC(C)(C)C)C(C)CC)C(C(=O)NC(Cc1ccccc1)C(=O)OC(C)(C)C)c1ccc(C)c(C)c1. The monoisotopic (exact) mass is 693 g/mol. The number of amides is 3. The van der Waals surface area contributed by atoms with Crippen molar-refractivity contribution in [3.63, 3.8) is 0 Å². The van der Waals surface area contributed by atoms with Crippen LogP contribution < -0.4 is 10.6 Å². The molecule has 4 unspecified atom stereocenters. The Kier molecular flexibility index (Phi) is 16.5. The molecule has 0 aliphatic heterocycles. The van der Waals surface area contributed by atoms with Crippen molar-refractivity contribution < 1.29 is 28.7 Å². The summed E-state index contributed by atoms with van der Waals surface area (Å²) in [7, 11) is 0. The van der Waals surface area contributed by atoms with Gasteiger partial charge in [0.1, 0.15) is 29.3 Å². The first-order chi connectivity index (χ1) is 23.4. The van der Waals surface area contributed by atoms with E-state index in [2.05, 4.69) is 17.6 Å². The number of alkyl carbamates (subject to hydrolysis) is 1. The standard InChI is InChI=1S/C41H63N3O6/c1-12-14-15-16-20-25-44(37(46)34(28(3)13-2)43-39(48)50-41(9,10)11)35(32-24-23-29(4)30(5)26-32)36(45)42-33(38(47)49-40(6,7)8)27-31-21-18-17-19-22-31/h17-19,21-24,26,28,33-35H,12-16,20,25,27H2,1-11H3,(H,42,45)(H,43,48). The van der Waals surface area contributed by atoms with Gasteiger partial charge in [-0.1, -0.05) is 101 Å². The van der Waals surface area contributed by atoms with Crippen LogP contribution in [0.3, 0.4) is 0 Å². The molecule has 0 bridgehead atoms. The van der Waals surface area contributed by atoms with E-state index >= 15 is 0 Å². The second-order valence-corrected chi connectivity index (χ2v) is 15.5. The van der Waals surface area contributed by atoms with E-state index in [0.29, 0.717) is 18.4 Å². The molecule has 4 atom stereocenters. The zero-order valence-corrected chi connectivity index (χ0v) is 32.5. The maximum atomic E-state index is 14.8.